The van der Waals surface area contributed by atoms with Crippen molar-refractivity contribution >= 4 is 27.8 Å². The first kappa shape index (κ1) is 14.0. The molecular formula is C12H16N2O4S. The molecule has 1 aromatic rings. The van der Waals surface area contributed by atoms with Gasteiger partial charge in [0.25, 0.3) is 0 Å². The second kappa shape index (κ2) is 5.26. The van der Waals surface area contributed by atoms with Crippen molar-refractivity contribution in [3.05, 3.63) is 21.1 Å². The van der Waals surface area contributed by atoms with E-state index in [9.17, 15) is 14.9 Å². The normalized spacial score (nSPS) is 23.4. The maximum Gasteiger partial charge on any atom is 0.304 e. The van der Waals surface area contributed by atoms with Crippen molar-refractivity contribution < 1.29 is 14.5 Å². The van der Waals surface area contributed by atoms with Gasteiger partial charge in [-0.3, -0.25) is 14.9 Å². The van der Waals surface area contributed by atoms with Gasteiger partial charge in [0, 0.05) is 12.6 Å². The number of ether oxygens (including phenoxy) is 1. The molecule has 0 radical (unpaired) electrons. The largest absolute Gasteiger partial charge is 0.375 e. The molecule has 0 bridgehead atoms. The fourth-order valence-electron chi connectivity index (χ4n) is 2.07. The van der Waals surface area contributed by atoms with Gasteiger partial charge in [-0.05, 0) is 20.8 Å². The number of morpholine rings is 1. The van der Waals surface area contributed by atoms with Gasteiger partial charge in [-0.25, -0.2) is 0 Å². The predicted molar refractivity (Wildman–Crippen MR) is 73.2 cm³/mol. The second-order valence-electron chi connectivity index (χ2n) is 4.76. The van der Waals surface area contributed by atoms with Crippen molar-refractivity contribution in [2.45, 2.75) is 32.9 Å². The van der Waals surface area contributed by atoms with Gasteiger partial charge in [0.1, 0.15) is 0 Å². The van der Waals surface area contributed by atoms with Crippen LogP contribution in [0, 0.1) is 10.1 Å². The van der Waals surface area contributed by atoms with E-state index < -0.39 is 4.92 Å². The van der Waals surface area contributed by atoms with Crippen LogP contribution in [-0.2, 0) is 4.74 Å². The van der Waals surface area contributed by atoms with Crippen molar-refractivity contribution in [3.8, 4) is 0 Å². The fraction of sp³-hybridized carbons (Fsp3) is 0.583. The highest BCUT2D eigenvalue weighted by atomic mass is 32.1. The molecule has 2 unspecified atom stereocenters. The summed E-state index contributed by atoms with van der Waals surface area (Å²) in [6.07, 6.45) is 0.0266. The van der Waals surface area contributed by atoms with Gasteiger partial charge in [0.15, 0.2) is 10.8 Å². The second-order valence-corrected chi connectivity index (χ2v) is 5.79. The molecule has 2 rings (SSSR count). The molecule has 0 amide bonds. The fourth-order valence-corrected chi connectivity index (χ4v) is 3.20. The Kier molecular flexibility index (Phi) is 3.86. The third-order valence-corrected chi connectivity index (χ3v) is 4.37. The smallest absolute Gasteiger partial charge is 0.304 e. The Labute approximate surface area is 115 Å². The zero-order chi connectivity index (χ0) is 14.2. The molecule has 1 fully saturated rings. The van der Waals surface area contributed by atoms with Crippen molar-refractivity contribution in [1.29, 1.82) is 0 Å². The van der Waals surface area contributed by atoms with E-state index in [0.29, 0.717) is 23.0 Å². The summed E-state index contributed by atoms with van der Waals surface area (Å²) in [5.41, 5.74) is 0.0103. The van der Waals surface area contributed by atoms with Gasteiger partial charge in [0.05, 0.1) is 28.6 Å². The van der Waals surface area contributed by atoms with Crippen LogP contribution in [0.2, 0.25) is 0 Å². The van der Waals surface area contributed by atoms with Crippen LogP contribution in [0.1, 0.15) is 30.4 Å². The molecule has 0 saturated carbocycles. The summed E-state index contributed by atoms with van der Waals surface area (Å²) in [5, 5.41) is 11.7. The highest BCUT2D eigenvalue weighted by Gasteiger charge is 2.31. The third kappa shape index (κ3) is 2.76. The number of ketones is 1. The molecule has 104 valence electrons. The summed E-state index contributed by atoms with van der Waals surface area (Å²) >= 11 is 1.19. The van der Waals surface area contributed by atoms with Gasteiger partial charge in [-0.2, -0.15) is 0 Å². The van der Waals surface area contributed by atoms with E-state index in [1.54, 1.807) is 0 Å². The average Bonchev–Trinajstić information content (AvgIpc) is 2.77. The van der Waals surface area contributed by atoms with E-state index in [1.165, 1.54) is 24.3 Å². The number of anilines is 1. The van der Waals surface area contributed by atoms with Gasteiger partial charge in [0.2, 0.25) is 0 Å². The minimum absolute atomic E-state index is 0.0103. The summed E-state index contributed by atoms with van der Waals surface area (Å²) in [5.74, 6) is -0.145. The summed E-state index contributed by atoms with van der Waals surface area (Å²) in [7, 11) is 0. The number of thiophene rings is 1. The lowest BCUT2D eigenvalue weighted by molar-refractivity contribution is -0.383. The lowest BCUT2D eigenvalue weighted by Crippen LogP contribution is -2.47. The minimum atomic E-state index is -0.425. The Morgan fingerprint density at radius 1 is 1.58 bits per heavy atom. The van der Waals surface area contributed by atoms with Gasteiger partial charge >= 0.3 is 5.69 Å². The molecule has 1 saturated heterocycles. The van der Waals surface area contributed by atoms with E-state index in [1.807, 2.05) is 18.7 Å². The first-order valence-electron chi connectivity index (χ1n) is 6.07. The van der Waals surface area contributed by atoms with Crippen molar-refractivity contribution in [3.63, 3.8) is 0 Å². The number of hydrogen-bond acceptors (Lipinski definition) is 6. The Morgan fingerprint density at radius 2 is 2.26 bits per heavy atom. The number of nitro groups is 1. The molecule has 1 aromatic heterocycles. The summed E-state index contributed by atoms with van der Waals surface area (Å²) in [6, 6.07) is 1.43. The molecule has 2 heterocycles. The molecule has 7 heteroatoms. The van der Waals surface area contributed by atoms with Gasteiger partial charge in [-0.1, -0.05) is 0 Å². The predicted octanol–water partition coefficient (Wildman–Crippen LogP) is 2.47. The molecule has 6 nitrogen and oxygen atoms in total. The Balaban J connectivity index is 2.41. The Morgan fingerprint density at radius 3 is 2.84 bits per heavy atom. The monoisotopic (exact) mass is 284 g/mol. The summed E-state index contributed by atoms with van der Waals surface area (Å²) in [4.78, 5) is 24.5. The SMILES string of the molecule is CC(=O)c1cc([N+](=O)[O-])c(N2CC(C)OCC2C)s1. The summed E-state index contributed by atoms with van der Waals surface area (Å²) in [6.45, 7) is 6.45. The zero-order valence-electron chi connectivity index (χ0n) is 11.1. The maximum absolute atomic E-state index is 11.4. The van der Waals surface area contributed by atoms with Crippen molar-refractivity contribution in [1.82, 2.24) is 0 Å². The Hall–Kier alpha value is -1.47. The van der Waals surface area contributed by atoms with E-state index in [0.717, 1.165) is 0 Å². The lowest BCUT2D eigenvalue weighted by Gasteiger charge is -2.37. The van der Waals surface area contributed by atoms with E-state index in [-0.39, 0.29) is 23.6 Å². The first-order chi connectivity index (χ1) is 8.90. The van der Waals surface area contributed by atoms with Crippen LogP contribution >= 0.6 is 11.3 Å². The van der Waals surface area contributed by atoms with E-state index in [4.69, 9.17) is 4.74 Å². The third-order valence-electron chi connectivity index (χ3n) is 3.11. The van der Waals surface area contributed by atoms with Gasteiger partial charge < -0.3 is 9.64 Å². The molecule has 2 atom stereocenters. The number of rotatable bonds is 3. The molecule has 0 N–H and O–H groups in total. The van der Waals surface area contributed by atoms with Crippen LogP contribution in [-0.4, -0.2) is 36.0 Å². The molecular weight excluding hydrogens is 268 g/mol. The number of Topliss-reactive ketones (excluding diaryl/α,β-unsaturated/α-hetero) is 1. The highest BCUT2D eigenvalue weighted by Crippen LogP contribution is 2.39. The van der Waals surface area contributed by atoms with Crippen molar-refractivity contribution in [2.75, 3.05) is 18.1 Å². The van der Waals surface area contributed by atoms with Crippen molar-refractivity contribution in [2.24, 2.45) is 0 Å². The Bertz CT molecular complexity index is 514. The standard InChI is InChI=1S/C12H16N2O4S/c1-7-6-18-8(2)5-13(7)12-10(14(16)17)4-11(19-12)9(3)15/h4,7-8H,5-6H2,1-3H3. The highest BCUT2D eigenvalue weighted by molar-refractivity contribution is 7.18. The average molecular weight is 284 g/mol. The van der Waals surface area contributed by atoms with Crippen LogP contribution in [0.25, 0.3) is 0 Å². The quantitative estimate of drug-likeness (QED) is 0.484. The molecule has 0 aliphatic carbocycles. The number of nitrogens with zero attached hydrogens (tertiary/aromatic N) is 2. The first-order valence-corrected chi connectivity index (χ1v) is 6.89. The van der Waals surface area contributed by atoms with Crippen LogP contribution in [0.3, 0.4) is 0 Å². The van der Waals surface area contributed by atoms with Crippen LogP contribution in [0.15, 0.2) is 6.07 Å². The molecule has 0 spiro atoms. The van der Waals surface area contributed by atoms with E-state index in [2.05, 4.69) is 0 Å². The summed E-state index contributed by atoms with van der Waals surface area (Å²) < 4.78 is 5.52. The van der Waals surface area contributed by atoms with E-state index >= 15 is 0 Å². The zero-order valence-corrected chi connectivity index (χ0v) is 11.9. The lowest BCUT2D eigenvalue weighted by atomic mass is 10.2. The molecule has 1 aliphatic rings. The van der Waals surface area contributed by atoms with Gasteiger partial charge in [-0.15, -0.1) is 11.3 Å². The number of carbonyl (C=O) groups excluding carboxylic acids is 1. The number of hydrogen-bond donors (Lipinski definition) is 0. The van der Waals surface area contributed by atoms with Crippen LogP contribution < -0.4 is 4.90 Å². The topological polar surface area (TPSA) is 72.7 Å². The number of carbonyl (C=O) groups is 1. The minimum Gasteiger partial charge on any atom is -0.375 e. The molecule has 19 heavy (non-hydrogen) atoms. The van der Waals surface area contributed by atoms with Crippen LogP contribution in [0.4, 0.5) is 10.7 Å². The molecule has 1 aliphatic heterocycles. The molecule has 0 aromatic carbocycles. The maximum atomic E-state index is 11.4. The van der Waals surface area contributed by atoms with Crippen LogP contribution in [0.5, 0.6) is 0 Å².